The van der Waals surface area contributed by atoms with E-state index in [0.29, 0.717) is 47.7 Å². The van der Waals surface area contributed by atoms with E-state index in [2.05, 4.69) is 10.2 Å². The van der Waals surface area contributed by atoms with Gasteiger partial charge in [-0.15, -0.1) is 10.2 Å². The first-order valence-electron chi connectivity index (χ1n) is 9.88. The number of fused-ring (bicyclic) bond motifs is 1. The number of rotatable bonds is 4. The average Bonchev–Trinajstić information content (AvgIpc) is 3.48. The first-order chi connectivity index (χ1) is 14.7. The van der Waals surface area contributed by atoms with Crippen molar-refractivity contribution in [1.82, 2.24) is 15.1 Å². The number of aromatic nitrogens is 2. The molecule has 1 amide bonds. The van der Waals surface area contributed by atoms with Gasteiger partial charge in [-0.25, -0.2) is 0 Å². The molecule has 154 valence electrons. The lowest BCUT2D eigenvalue weighted by Crippen LogP contribution is -2.39. The van der Waals surface area contributed by atoms with Crippen LogP contribution in [0.4, 0.5) is 0 Å². The Morgan fingerprint density at radius 1 is 1.13 bits per heavy atom. The van der Waals surface area contributed by atoms with Crippen molar-refractivity contribution in [1.29, 1.82) is 0 Å². The lowest BCUT2D eigenvalue weighted by atomic mass is 9.97. The Kier molecular flexibility index (Phi) is 4.74. The summed E-state index contributed by atoms with van der Waals surface area (Å²) in [6, 6.07) is 12.8. The van der Waals surface area contributed by atoms with Gasteiger partial charge >= 0.3 is 0 Å². The van der Waals surface area contributed by atoms with Crippen LogP contribution >= 0.6 is 0 Å². The largest absolute Gasteiger partial charge is 0.496 e. The molecule has 2 aliphatic rings. The number of piperidine rings is 1. The Balaban J connectivity index is 1.34. The van der Waals surface area contributed by atoms with E-state index in [1.807, 2.05) is 35.2 Å². The molecule has 1 unspecified atom stereocenters. The lowest BCUT2D eigenvalue weighted by molar-refractivity contribution is 0.0695. The zero-order valence-corrected chi connectivity index (χ0v) is 16.5. The van der Waals surface area contributed by atoms with Gasteiger partial charge in [0.05, 0.1) is 18.6 Å². The number of likely N-dealkylation sites (tertiary alicyclic amines) is 1. The minimum Gasteiger partial charge on any atom is -0.496 e. The quantitative estimate of drug-likeness (QED) is 0.654. The van der Waals surface area contributed by atoms with E-state index in [4.69, 9.17) is 18.6 Å². The van der Waals surface area contributed by atoms with E-state index in [1.54, 1.807) is 19.2 Å². The van der Waals surface area contributed by atoms with Gasteiger partial charge < -0.3 is 23.5 Å². The van der Waals surface area contributed by atoms with Crippen LogP contribution in [0.1, 0.15) is 35.0 Å². The normalized spacial score (nSPS) is 17.8. The molecule has 0 spiro atoms. The molecule has 3 heterocycles. The maximum Gasteiger partial charge on any atom is 0.257 e. The van der Waals surface area contributed by atoms with Gasteiger partial charge in [-0.1, -0.05) is 12.1 Å². The highest BCUT2D eigenvalue weighted by molar-refractivity contribution is 5.97. The van der Waals surface area contributed by atoms with Gasteiger partial charge in [0.25, 0.3) is 5.91 Å². The summed E-state index contributed by atoms with van der Waals surface area (Å²) < 4.78 is 22.1. The van der Waals surface area contributed by atoms with Crippen LogP contribution in [0.2, 0.25) is 0 Å². The van der Waals surface area contributed by atoms with E-state index in [-0.39, 0.29) is 18.6 Å². The summed E-state index contributed by atoms with van der Waals surface area (Å²) in [4.78, 5) is 14.9. The molecule has 30 heavy (non-hydrogen) atoms. The van der Waals surface area contributed by atoms with Gasteiger partial charge in [0.15, 0.2) is 11.5 Å². The summed E-state index contributed by atoms with van der Waals surface area (Å²) in [6.45, 7) is 1.43. The number of carbonyl (C=O) groups is 1. The van der Waals surface area contributed by atoms with E-state index in [9.17, 15) is 4.79 Å². The van der Waals surface area contributed by atoms with Crippen molar-refractivity contribution in [2.45, 2.75) is 18.8 Å². The summed E-state index contributed by atoms with van der Waals surface area (Å²) in [5.74, 6) is 2.86. The Morgan fingerprint density at radius 2 is 2.00 bits per heavy atom. The van der Waals surface area contributed by atoms with E-state index >= 15 is 0 Å². The average molecular weight is 407 g/mol. The fourth-order valence-electron chi connectivity index (χ4n) is 3.90. The highest BCUT2D eigenvalue weighted by Gasteiger charge is 2.30. The molecule has 1 aromatic heterocycles. The number of ether oxygens (including phenoxy) is 3. The maximum atomic E-state index is 13.0. The Hall–Kier alpha value is -3.55. The fourth-order valence-corrected chi connectivity index (χ4v) is 3.90. The highest BCUT2D eigenvalue weighted by Crippen LogP contribution is 2.36. The van der Waals surface area contributed by atoms with Gasteiger partial charge in [-0.2, -0.15) is 0 Å². The summed E-state index contributed by atoms with van der Waals surface area (Å²) in [6.07, 6.45) is 1.76. The molecule has 1 saturated heterocycles. The van der Waals surface area contributed by atoms with E-state index < -0.39 is 0 Å². The summed E-state index contributed by atoms with van der Waals surface area (Å²) in [5, 5.41) is 8.46. The molecule has 0 saturated carbocycles. The van der Waals surface area contributed by atoms with Crippen LogP contribution in [-0.2, 0) is 0 Å². The topological polar surface area (TPSA) is 86.9 Å². The first kappa shape index (κ1) is 18.5. The SMILES string of the molecule is COc1ccccc1C(=O)N1CCCC(c2nnc(-c3ccc4c(c3)OCO4)o2)C1. The van der Waals surface area contributed by atoms with Gasteiger partial charge in [0.1, 0.15) is 5.75 Å². The number of hydrogen-bond acceptors (Lipinski definition) is 7. The second-order valence-electron chi connectivity index (χ2n) is 7.30. The lowest BCUT2D eigenvalue weighted by Gasteiger charge is -2.31. The third-order valence-electron chi connectivity index (χ3n) is 5.46. The molecule has 0 radical (unpaired) electrons. The Bertz CT molecular complexity index is 1080. The molecule has 2 aliphatic heterocycles. The van der Waals surface area contributed by atoms with Crippen LogP contribution in [0, 0.1) is 0 Å². The van der Waals surface area contributed by atoms with Crippen molar-refractivity contribution < 1.29 is 23.4 Å². The third-order valence-corrected chi connectivity index (χ3v) is 5.46. The third kappa shape index (κ3) is 3.34. The van der Waals surface area contributed by atoms with Gasteiger partial charge in [0, 0.05) is 18.7 Å². The predicted molar refractivity (Wildman–Crippen MR) is 107 cm³/mol. The van der Waals surface area contributed by atoms with Crippen LogP contribution in [0.25, 0.3) is 11.5 Å². The number of hydrogen-bond donors (Lipinski definition) is 0. The maximum absolute atomic E-state index is 13.0. The standard InChI is InChI=1S/C22H21N3O5/c1-27-17-7-3-2-6-16(17)22(26)25-10-4-5-15(12-25)21-24-23-20(30-21)14-8-9-18-19(11-14)29-13-28-18/h2-3,6-9,11,15H,4-5,10,12-13H2,1H3. The fraction of sp³-hybridized carbons (Fsp3) is 0.318. The van der Waals surface area contributed by atoms with E-state index in [1.165, 1.54) is 0 Å². The molecule has 8 heteroatoms. The highest BCUT2D eigenvalue weighted by atomic mass is 16.7. The molecule has 0 bridgehead atoms. The van der Waals surface area contributed by atoms with Crippen molar-refractivity contribution in [2.75, 3.05) is 27.0 Å². The molecular weight excluding hydrogens is 386 g/mol. The number of carbonyl (C=O) groups excluding carboxylic acids is 1. The molecule has 2 aromatic carbocycles. The van der Waals surface area contributed by atoms with Crippen LogP contribution in [0.15, 0.2) is 46.9 Å². The van der Waals surface area contributed by atoms with Gasteiger partial charge in [-0.05, 0) is 43.2 Å². The zero-order valence-electron chi connectivity index (χ0n) is 16.5. The Labute approximate surface area is 173 Å². The number of para-hydroxylation sites is 1. The summed E-state index contributed by atoms with van der Waals surface area (Å²) in [5.41, 5.74) is 1.34. The van der Waals surface area contributed by atoms with Gasteiger partial charge in [-0.3, -0.25) is 4.79 Å². The monoisotopic (exact) mass is 407 g/mol. The zero-order chi connectivity index (χ0) is 20.5. The molecule has 3 aromatic rings. The molecular formula is C22H21N3O5. The van der Waals surface area contributed by atoms with Crippen LogP contribution in [0.3, 0.4) is 0 Å². The van der Waals surface area contributed by atoms with Crippen LogP contribution < -0.4 is 14.2 Å². The van der Waals surface area contributed by atoms with Gasteiger partial charge in [0.2, 0.25) is 18.6 Å². The number of amides is 1. The van der Waals surface area contributed by atoms with E-state index in [0.717, 1.165) is 18.4 Å². The number of methoxy groups -OCH3 is 1. The minimum absolute atomic E-state index is 0.00679. The second-order valence-corrected chi connectivity index (χ2v) is 7.30. The summed E-state index contributed by atoms with van der Waals surface area (Å²) >= 11 is 0. The van der Waals surface area contributed by atoms with Crippen LogP contribution in [0.5, 0.6) is 17.2 Å². The first-order valence-corrected chi connectivity index (χ1v) is 9.88. The molecule has 1 fully saturated rings. The molecule has 0 aliphatic carbocycles. The van der Waals surface area contributed by atoms with Crippen molar-refractivity contribution in [2.24, 2.45) is 0 Å². The van der Waals surface area contributed by atoms with Crippen molar-refractivity contribution >= 4 is 5.91 Å². The predicted octanol–water partition coefficient (Wildman–Crippen LogP) is 3.49. The molecule has 0 N–H and O–H groups in total. The molecule has 8 nitrogen and oxygen atoms in total. The Morgan fingerprint density at radius 3 is 2.90 bits per heavy atom. The van der Waals surface area contributed by atoms with Crippen LogP contribution in [-0.4, -0.2) is 48.0 Å². The summed E-state index contributed by atoms with van der Waals surface area (Å²) in [7, 11) is 1.57. The number of benzene rings is 2. The molecule has 5 rings (SSSR count). The van der Waals surface area contributed by atoms with Crippen molar-refractivity contribution in [3.8, 4) is 28.7 Å². The number of nitrogens with zero attached hydrogens (tertiary/aromatic N) is 3. The van der Waals surface area contributed by atoms with Crippen molar-refractivity contribution in [3.63, 3.8) is 0 Å². The molecule has 1 atom stereocenters. The smallest absolute Gasteiger partial charge is 0.257 e. The minimum atomic E-state index is -0.0485. The second kappa shape index (κ2) is 7.70. The van der Waals surface area contributed by atoms with Crippen molar-refractivity contribution in [3.05, 3.63) is 53.9 Å².